The van der Waals surface area contributed by atoms with E-state index in [4.69, 9.17) is 4.74 Å². The van der Waals surface area contributed by atoms with Gasteiger partial charge in [-0.15, -0.1) is 0 Å². The first-order chi connectivity index (χ1) is 11.2. The van der Waals surface area contributed by atoms with Crippen molar-refractivity contribution in [1.82, 2.24) is 0 Å². The molecule has 0 unspecified atom stereocenters. The molecule has 0 heterocycles. The third kappa shape index (κ3) is 3.72. The Labute approximate surface area is 136 Å². The second-order valence-corrected chi connectivity index (χ2v) is 6.55. The van der Waals surface area contributed by atoms with Crippen LogP contribution in [0.25, 0.3) is 10.8 Å². The van der Waals surface area contributed by atoms with Gasteiger partial charge in [0, 0.05) is 5.39 Å². The minimum absolute atomic E-state index is 0.00584. The Kier molecular flexibility index (Phi) is 4.94. The van der Waals surface area contributed by atoms with Gasteiger partial charge in [0.15, 0.2) is 0 Å². The lowest BCUT2D eigenvalue weighted by atomic mass is 9.80. The molecule has 0 N–H and O–H groups in total. The largest absolute Gasteiger partial charge is 0.426 e. The molecule has 1 aliphatic rings. The summed E-state index contributed by atoms with van der Waals surface area (Å²) in [5, 5.41) is 1.30. The van der Waals surface area contributed by atoms with E-state index < -0.39 is 0 Å². The summed E-state index contributed by atoms with van der Waals surface area (Å²) in [5.41, 5.74) is 0. The topological polar surface area (TPSA) is 26.3 Å². The molecule has 23 heavy (non-hydrogen) atoms. The molecule has 0 aromatic heterocycles. The lowest BCUT2D eigenvalue weighted by Crippen LogP contribution is -2.25. The van der Waals surface area contributed by atoms with E-state index in [9.17, 15) is 9.18 Å². The van der Waals surface area contributed by atoms with Gasteiger partial charge in [-0.25, -0.2) is 4.39 Å². The zero-order chi connectivity index (χ0) is 16.2. The van der Waals surface area contributed by atoms with Crippen molar-refractivity contribution < 1.29 is 13.9 Å². The first-order valence-corrected chi connectivity index (χ1v) is 8.57. The summed E-state index contributed by atoms with van der Waals surface area (Å²) >= 11 is 0. The summed E-state index contributed by atoms with van der Waals surface area (Å²) in [4.78, 5) is 12.3. The molecular formula is C20H23FO2. The van der Waals surface area contributed by atoms with E-state index in [-0.39, 0.29) is 17.7 Å². The molecule has 2 nitrogen and oxygen atoms in total. The molecule has 3 rings (SSSR count). The van der Waals surface area contributed by atoms with Crippen molar-refractivity contribution in [1.29, 1.82) is 0 Å². The van der Waals surface area contributed by atoms with E-state index in [1.807, 2.05) is 6.07 Å². The predicted octanol–water partition coefficient (Wildman–Crippen LogP) is 5.49. The highest BCUT2D eigenvalue weighted by atomic mass is 19.1. The maximum absolute atomic E-state index is 13.7. The number of esters is 1. The van der Waals surface area contributed by atoms with Crippen molar-refractivity contribution >= 4 is 16.7 Å². The van der Waals surface area contributed by atoms with Crippen LogP contribution in [0.1, 0.15) is 45.4 Å². The number of benzene rings is 2. The zero-order valence-corrected chi connectivity index (χ0v) is 13.6. The van der Waals surface area contributed by atoms with Gasteiger partial charge in [-0.3, -0.25) is 4.79 Å². The van der Waals surface area contributed by atoms with Crippen LogP contribution in [0.2, 0.25) is 0 Å². The van der Waals surface area contributed by atoms with Crippen LogP contribution in [0.5, 0.6) is 5.75 Å². The van der Waals surface area contributed by atoms with E-state index >= 15 is 0 Å². The van der Waals surface area contributed by atoms with Crippen LogP contribution in [-0.4, -0.2) is 5.97 Å². The van der Waals surface area contributed by atoms with Crippen molar-refractivity contribution in [2.75, 3.05) is 0 Å². The molecule has 2 aromatic carbocycles. The summed E-state index contributed by atoms with van der Waals surface area (Å²) < 4.78 is 19.2. The van der Waals surface area contributed by atoms with E-state index in [0.29, 0.717) is 11.1 Å². The normalized spacial score (nSPS) is 21.3. The highest BCUT2D eigenvalue weighted by Crippen LogP contribution is 2.33. The van der Waals surface area contributed by atoms with Crippen molar-refractivity contribution in [2.24, 2.45) is 11.8 Å². The number of ether oxygens (including phenoxy) is 1. The fourth-order valence-corrected chi connectivity index (χ4v) is 3.58. The second kappa shape index (κ2) is 7.12. The van der Waals surface area contributed by atoms with Crippen molar-refractivity contribution in [3.8, 4) is 5.75 Å². The molecule has 1 fully saturated rings. The number of carbonyl (C=O) groups is 1. The number of hydrogen-bond acceptors (Lipinski definition) is 2. The van der Waals surface area contributed by atoms with Gasteiger partial charge in [0.05, 0.1) is 5.92 Å². The number of hydrogen-bond donors (Lipinski definition) is 0. The van der Waals surface area contributed by atoms with Gasteiger partial charge in [0.1, 0.15) is 11.6 Å². The van der Waals surface area contributed by atoms with Crippen LogP contribution in [0.15, 0.2) is 36.4 Å². The van der Waals surface area contributed by atoms with E-state index in [0.717, 1.165) is 37.0 Å². The Morgan fingerprint density at radius 2 is 1.96 bits per heavy atom. The zero-order valence-electron chi connectivity index (χ0n) is 13.6. The number of rotatable bonds is 4. The number of fused-ring (bicyclic) bond motifs is 1. The highest BCUT2D eigenvalue weighted by Gasteiger charge is 2.27. The van der Waals surface area contributed by atoms with E-state index in [1.54, 1.807) is 24.3 Å². The maximum atomic E-state index is 13.7. The third-order valence-corrected chi connectivity index (χ3v) is 4.89. The molecule has 0 radical (unpaired) electrons. The molecule has 122 valence electrons. The Morgan fingerprint density at radius 1 is 1.17 bits per heavy atom. The van der Waals surface area contributed by atoms with E-state index in [1.165, 1.54) is 18.9 Å². The molecule has 0 bridgehead atoms. The molecule has 0 saturated heterocycles. The Balaban J connectivity index is 1.64. The third-order valence-electron chi connectivity index (χ3n) is 4.89. The van der Waals surface area contributed by atoms with Gasteiger partial charge in [0.2, 0.25) is 0 Å². The minimum Gasteiger partial charge on any atom is -0.426 e. The molecule has 1 saturated carbocycles. The van der Waals surface area contributed by atoms with Gasteiger partial charge < -0.3 is 4.74 Å². The first kappa shape index (κ1) is 16.0. The van der Waals surface area contributed by atoms with Gasteiger partial charge in [0.25, 0.3) is 0 Å². The van der Waals surface area contributed by atoms with Crippen LogP contribution in [0.3, 0.4) is 0 Å². The lowest BCUT2D eigenvalue weighted by molar-refractivity contribution is -0.140. The van der Waals surface area contributed by atoms with Crippen molar-refractivity contribution in [2.45, 2.75) is 45.4 Å². The molecule has 3 heteroatoms. The molecule has 0 atom stereocenters. The fraction of sp³-hybridized carbons (Fsp3) is 0.450. The molecular weight excluding hydrogens is 291 g/mol. The summed E-state index contributed by atoms with van der Waals surface area (Å²) in [5.74, 6) is 0.883. The quantitative estimate of drug-likeness (QED) is 0.551. The van der Waals surface area contributed by atoms with Crippen LogP contribution in [-0.2, 0) is 4.79 Å². The van der Waals surface area contributed by atoms with Gasteiger partial charge in [-0.1, -0.05) is 31.9 Å². The number of carbonyl (C=O) groups excluding carboxylic acids is 1. The summed E-state index contributed by atoms with van der Waals surface area (Å²) in [7, 11) is 0. The van der Waals surface area contributed by atoms with Crippen LogP contribution in [0.4, 0.5) is 4.39 Å². The van der Waals surface area contributed by atoms with Crippen LogP contribution in [0, 0.1) is 17.7 Å². The Morgan fingerprint density at radius 3 is 2.70 bits per heavy atom. The van der Waals surface area contributed by atoms with Gasteiger partial charge in [-0.05, 0) is 61.3 Å². The lowest BCUT2D eigenvalue weighted by Gasteiger charge is -2.26. The standard InChI is InChI=1S/C20H23FO2/c1-2-4-14-7-9-15(10-8-14)20(22)23-17-11-12-18-16(13-17)5-3-6-19(18)21/h3,5-6,11-15H,2,4,7-10H2,1H3. The molecule has 2 aromatic rings. The van der Waals surface area contributed by atoms with Gasteiger partial charge in [-0.2, -0.15) is 0 Å². The highest BCUT2D eigenvalue weighted by molar-refractivity contribution is 5.85. The molecule has 0 aliphatic heterocycles. The second-order valence-electron chi connectivity index (χ2n) is 6.55. The monoisotopic (exact) mass is 314 g/mol. The smallest absolute Gasteiger partial charge is 0.314 e. The van der Waals surface area contributed by atoms with E-state index in [2.05, 4.69) is 6.92 Å². The van der Waals surface area contributed by atoms with Gasteiger partial charge >= 0.3 is 5.97 Å². The van der Waals surface area contributed by atoms with Crippen LogP contribution >= 0.6 is 0 Å². The predicted molar refractivity (Wildman–Crippen MR) is 89.9 cm³/mol. The first-order valence-electron chi connectivity index (χ1n) is 8.57. The van der Waals surface area contributed by atoms with Crippen LogP contribution < -0.4 is 4.74 Å². The summed E-state index contributed by atoms with van der Waals surface area (Å²) in [6, 6.07) is 10.0. The molecule has 1 aliphatic carbocycles. The average molecular weight is 314 g/mol. The molecule has 0 amide bonds. The number of halogens is 1. The summed E-state index contributed by atoms with van der Waals surface area (Å²) in [6.45, 7) is 2.21. The fourth-order valence-electron chi connectivity index (χ4n) is 3.58. The Hall–Kier alpha value is -1.90. The summed E-state index contributed by atoms with van der Waals surface area (Å²) in [6.07, 6.45) is 6.57. The SMILES string of the molecule is CCCC1CCC(C(=O)Oc2ccc3c(F)cccc3c2)CC1. The van der Waals surface area contributed by atoms with Crippen molar-refractivity contribution in [3.05, 3.63) is 42.2 Å². The van der Waals surface area contributed by atoms with Crippen molar-refractivity contribution in [3.63, 3.8) is 0 Å². The molecule has 0 spiro atoms. The maximum Gasteiger partial charge on any atom is 0.314 e. The minimum atomic E-state index is -0.255. The Bertz CT molecular complexity index is 687. The average Bonchev–Trinajstić information content (AvgIpc) is 2.56.